The number of benzene rings is 1. The zero-order valence-corrected chi connectivity index (χ0v) is 10.6. The highest BCUT2D eigenvalue weighted by Gasteiger charge is 2.24. The molecular weight excluding hydrogens is 235 g/mol. The third kappa shape index (κ3) is 4.09. The molecule has 0 aliphatic heterocycles. The van der Waals surface area contributed by atoms with Gasteiger partial charge in [0.1, 0.15) is 5.82 Å². The lowest BCUT2D eigenvalue weighted by Crippen LogP contribution is -2.41. The number of hydrogen-bond acceptors (Lipinski definition) is 3. The van der Waals surface area contributed by atoms with Crippen LogP contribution < -0.4 is 11.1 Å². The Balaban J connectivity index is 2.45. The summed E-state index contributed by atoms with van der Waals surface area (Å²) in [6.45, 7) is 4.11. The first kappa shape index (κ1) is 14.6. The van der Waals surface area contributed by atoms with Crippen LogP contribution in [0.1, 0.15) is 25.5 Å². The van der Waals surface area contributed by atoms with Crippen molar-refractivity contribution in [2.45, 2.75) is 20.0 Å². The fourth-order valence-electron chi connectivity index (χ4n) is 1.41. The summed E-state index contributed by atoms with van der Waals surface area (Å²) >= 11 is 0. The summed E-state index contributed by atoms with van der Waals surface area (Å²) in [5.74, 6) is -0.736. The van der Waals surface area contributed by atoms with E-state index < -0.39 is 17.4 Å². The molecule has 0 aromatic heterocycles. The molecule has 0 saturated carbocycles. The Morgan fingerprint density at radius 1 is 1.44 bits per heavy atom. The Labute approximate surface area is 106 Å². The largest absolute Gasteiger partial charge is 0.387 e. The number of primary amides is 1. The molecule has 0 radical (unpaired) electrons. The first-order valence-corrected chi connectivity index (χ1v) is 5.77. The zero-order chi connectivity index (χ0) is 13.8. The molecule has 4 N–H and O–H groups in total. The maximum atomic E-state index is 12.7. The SMILES string of the molecule is CC(C)(CNCC(O)c1ccc(F)cc1)C(N)=O. The van der Waals surface area contributed by atoms with Gasteiger partial charge in [-0.05, 0) is 31.5 Å². The monoisotopic (exact) mass is 254 g/mol. The van der Waals surface area contributed by atoms with Crippen LogP contribution in [0.3, 0.4) is 0 Å². The number of halogens is 1. The molecule has 0 saturated heterocycles. The molecule has 1 atom stereocenters. The van der Waals surface area contributed by atoms with E-state index in [1.54, 1.807) is 13.8 Å². The highest BCUT2D eigenvalue weighted by molar-refractivity contribution is 5.80. The highest BCUT2D eigenvalue weighted by Crippen LogP contribution is 2.15. The fraction of sp³-hybridized carbons (Fsp3) is 0.462. The third-order valence-electron chi connectivity index (χ3n) is 2.83. The van der Waals surface area contributed by atoms with E-state index in [1.807, 2.05) is 0 Å². The van der Waals surface area contributed by atoms with E-state index in [9.17, 15) is 14.3 Å². The van der Waals surface area contributed by atoms with Gasteiger partial charge in [0.2, 0.25) is 5.91 Å². The smallest absolute Gasteiger partial charge is 0.224 e. The van der Waals surface area contributed by atoms with Crippen molar-refractivity contribution in [1.82, 2.24) is 5.32 Å². The molecule has 100 valence electrons. The van der Waals surface area contributed by atoms with Crippen LogP contribution in [0.15, 0.2) is 24.3 Å². The molecule has 0 bridgehead atoms. The van der Waals surface area contributed by atoms with E-state index in [4.69, 9.17) is 5.73 Å². The molecule has 5 heteroatoms. The van der Waals surface area contributed by atoms with Crippen LogP contribution in [-0.4, -0.2) is 24.1 Å². The summed E-state index contributed by atoms with van der Waals surface area (Å²) in [7, 11) is 0. The average Bonchev–Trinajstić information content (AvgIpc) is 2.29. The van der Waals surface area contributed by atoms with Gasteiger partial charge in [-0.15, -0.1) is 0 Å². The van der Waals surface area contributed by atoms with Crippen molar-refractivity contribution in [2.75, 3.05) is 13.1 Å². The number of rotatable bonds is 6. The minimum atomic E-state index is -0.741. The minimum absolute atomic E-state index is 0.280. The van der Waals surface area contributed by atoms with Gasteiger partial charge in [0.05, 0.1) is 11.5 Å². The lowest BCUT2D eigenvalue weighted by atomic mass is 9.92. The first-order chi connectivity index (χ1) is 8.33. The van der Waals surface area contributed by atoms with Crippen molar-refractivity contribution in [3.63, 3.8) is 0 Å². The Morgan fingerprint density at radius 3 is 2.50 bits per heavy atom. The molecule has 1 aromatic rings. The summed E-state index contributed by atoms with van der Waals surface area (Å²) in [6.07, 6.45) is -0.741. The van der Waals surface area contributed by atoms with Crippen molar-refractivity contribution in [3.8, 4) is 0 Å². The zero-order valence-electron chi connectivity index (χ0n) is 10.6. The van der Waals surface area contributed by atoms with Crippen molar-refractivity contribution in [1.29, 1.82) is 0 Å². The van der Waals surface area contributed by atoms with Crippen molar-refractivity contribution >= 4 is 5.91 Å². The second kappa shape index (κ2) is 5.93. The Kier molecular flexibility index (Phi) is 4.81. The number of nitrogens with one attached hydrogen (secondary N) is 1. The number of nitrogens with two attached hydrogens (primary N) is 1. The summed E-state index contributed by atoms with van der Waals surface area (Å²) in [5, 5.41) is 12.8. The number of carbonyl (C=O) groups excluding carboxylic acids is 1. The molecule has 0 spiro atoms. The van der Waals surface area contributed by atoms with Crippen LogP contribution in [0.5, 0.6) is 0 Å². The van der Waals surface area contributed by atoms with Crippen LogP contribution in [-0.2, 0) is 4.79 Å². The van der Waals surface area contributed by atoms with E-state index in [0.29, 0.717) is 12.1 Å². The average molecular weight is 254 g/mol. The van der Waals surface area contributed by atoms with E-state index in [1.165, 1.54) is 24.3 Å². The summed E-state index contributed by atoms with van der Waals surface area (Å²) in [5.41, 5.74) is 5.19. The Bertz CT molecular complexity index is 404. The Morgan fingerprint density at radius 2 is 2.00 bits per heavy atom. The number of aliphatic hydroxyl groups is 1. The minimum Gasteiger partial charge on any atom is -0.387 e. The quantitative estimate of drug-likeness (QED) is 0.707. The van der Waals surface area contributed by atoms with Crippen molar-refractivity contribution in [3.05, 3.63) is 35.6 Å². The second-order valence-corrected chi connectivity index (χ2v) is 4.95. The van der Waals surface area contributed by atoms with Gasteiger partial charge >= 0.3 is 0 Å². The van der Waals surface area contributed by atoms with Gasteiger partial charge in [-0.3, -0.25) is 4.79 Å². The predicted octanol–water partition coefficient (Wildman–Crippen LogP) is 0.960. The normalized spacial score (nSPS) is 13.3. The molecule has 4 nitrogen and oxygen atoms in total. The molecule has 18 heavy (non-hydrogen) atoms. The summed E-state index contributed by atoms with van der Waals surface area (Å²) in [4.78, 5) is 11.1. The van der Waals surface area contributed by atoms with Crippen LogP contribution in [0.25, 0.3) is 0 Å². The van der Waals surface area contributed by atoms with Crippen LogP contribution >= 0.6 is 0 Å². The number of carbonyl (C=O) groups is 1. The van der Waals surface area contributed by atoms with Gasteiger partial charge in [0.15, 0.2) is 0 Å². The highest BCUT2D eigenvalue weighted by atomic mass is 19.1. The molecule has 1 amide bonds. The van der Waals surface area contributed by atoms with Gasteiger partial charge in [0.25, 0.3) is 0 Å². The van der Waals surface area contributed by atoms with E-state index >= 15 is 0 Å². The molecule has 0 aliphatic carbocycles. The summed E-state index contributed by atoms with van der Waals surface area (Å²) < 4.78 is 12.7. The van der Waals surface area contributed by atoms with E-state index in [-0.39, 0.29) is 12.4 Å². The van der Waals surface area contributed by atoms with Gasteiger partial charge in [-0.1, -0.05) is 12.1 Å². The third-order valence-corrected chi connectivity index (χ3v) is 2.83. The molecule has 1 rings (SSSR count). The topological polar surface area (TPSA) is 75.3 Å². The van der Waals surface area contributed by atoms with Gasteiger partial charge in [-0.2, -0.15) is 0 Å². The fourth-order valence-corrected chi connectivity index (χ4v) is 1.41. The molecule has 0 fully saturated rings. The van der Waals surface area contributed by atoms with Crippen LogP contribution in [0, 0.1) is 11.2 Å². The van der Waals surface area contributed by atoms with Crippen LogP contribution in [0.2, 0.25) is 0 Å². The van der Waals surface area contributed by atoms with Gasteiger partial charge in [-0.25, -0.2) is 4.39 Å². The van der Waals surface area contributed by atoms with E-state index in [0.717, 1.165) is 0 Å². The van der Waals surface area contributed by atoms with Gasteiger partial charge < -0.3 is 16.2 Å². The first-order valence-electron chi connectivity index (χ1n) is 5.77. The van der Waals surface area contributed by atoms with Crippen LogP contribution in [0.4, 0.5) is 4.39 Å². The van der Waals surface area contributed by atoms with Gasteiger partial charge in [0, 0.05) is 13.1 Å². The molecule has 0 aliphatic rings. The Hall–Kier alpha value is -1.46. The molecular formula is C13H19FN2O2. The predicted molar refractivity (Wildman–Crippen MR) is 67.2 cm³/mol. The van der Waals surface area contributed by atoms with Crippen molar-refractivity contribution in [2.24, 2.45) is 11.1 Å². The number of amides is 1. The maximum absolute atomic E-state index is 12.7. The second-order valence-electron chi connectivity index (χ2n) is 4.95. The lowest BCUT2D eigenvalue weighted by molar-refractivity contribution is -0.125. The standard InChI is InChI=1S/C13H19FN2O2/c1-13(2,12(15)18)8-16-7-11(17)9-3-5-10(14)6-4-9/h3-6,11,16-17H,7-8H2,1-2H3,(H2,15,18). The summed E-state index contributed by atoms with van der Waals surface area (Å²) in [6, 6.07) is 5.65. The number of hydrogen-bond donors (Lipinski definition) is 3. The van der Waals surface area contributed by atoms with E-state index in [2.05, 4.69) is 5.32 Å². The molecule has 0 heterocycles. The lowest BCUT2D eigenvalue weighted by Gasteiger charge is -2.22. The van der Waals surface area contributed by atoms with Crippen molar-refractivity contribution < 1.29 is 14.3 Å². The number of aliphatic hydroxyl groups excluding tert-OH is 1. The maximum Gasteiger partial charge on any atom is 0.224 e. The molecule has 1 unspecified atom stereocenters. The molecule has 1 aromatic carbocycles.